The van der Waals surface area contributed by atoms with Crippen LogP contribution in [0.4, 0.5) is 0 Å². The summed E-state index contributed by atoms with van der Waals surface area (Å²) in [5, 5.41) is 0. The summed E-state index contributed by atoms with van der Waals surface area (Å²) in [6, 6.07) is 0. The van der Waals surface area contributed by atoms with E-state index in [-0.39, 0.29) is 32.7 Å². The summed E-state index contributed by atoms with van der Waals surface area (Å²) >= 11 is 0. The summed E-state index contributed by atoms with van der Waals surface area (Å²) in [6.45, 7) is 0.618. The van der Waals surface area contributed by atoms with E-state index in [9.17, 15) is 4.79 Å². The van der Waals surface area contributed by atoms with Gasteiger partial charge in [-0.25, -0.2) is 0 Å². The van der Waals surface area contributed by atoms with Crippen LogP contribution in [-0.2, 0) is 37.5 Å². The van der Waals surface area contributed by atoms with E-state index in [0.717, 1.165) is 12.8 Å². The number of carbonyl (C=O) groups excluding carboxylic acids is 1. The number of nitrogens with two attached hydrogens (primary N) is 1. The van der Waals surface area contributed by atoms with Crippen LogP contribution in [0.15, 0.2) is 0 Å². The van der Waals surface area contributed by atoms with Crippen LogP contribution in [0.25, 0.3) is 5.73 Å². The minimum absolute atomic E-state index is 0. The van der Waals surface area contributed by atoms with E-state index in [1.165, 1.54) is 0 Å². The Morgan fingerprint density at radius 3 is 2.33 bits per heavy atom. The fourth-order valence-electron chi connectivity index (χ4n) is 0.430. The van der Waals surface area contributed by atoms with E-state index in [1.54, 1.807) is 0 Å². The molecular weight excluding hydrogens is 193 g/mol. The summed E-state index contributed by atoms with van der Waals surface area (Å²) in [7, 11) is 0. The molecule has 0 aromatic rings. The number of hydrogen-bond acceptors (Lipinski definition) is 2. The predicted octanol–water partition coefficient (Wildman–Crippen LogP) is 0.692. The second-order valence-electron chi connectivity index (χ2n) is 1.67. The molecule has 4 heteroatoms. The Bertz CT molecular complexity index is 77.4. The second kappa shape index (κ2) is 8.53. The van der Waals surface area contributed by atoms with Crippen molar-refractivity contribution in [2.75, 3.05) is 6.54 Å². The fourth-order valence-corrected chi connectivity index (χ4v) is 0.430. The minimum atomic E-state index is -0.488. The molecule has 9 heavy (non-hydrogen) atoms. The van der Waals surface area contributed by atoms with Gasteiger partial charge in [-0.3, -0.25) is 0 Å². The molecular formula is C5H11N2OY-. The molecule has 0 saturated carbocycles. The zero-order valence-electron chi connectivity index (χ0n) is 5.39. The molecule has 0 aromatic carbocycles. The van der Waals surface area contributed by atoms with Gasteiger partial charge in [0, 0.05) is 38.6 Å². The standard InChI is InChI=1S/C5H12N2O.Y/c6-4-2-1-3-5(7)8;/h1-4,6H2,(H2,7,8);/p-1. The van der Waals surface area contributed by atoms with Crippen LogP contribution in [0.2, 0.25) is 0 Å². The topological polar surface area (TPSA) is 66.9 Å². The van der Waals surface area contributed by atoms with Crippen LogP contribution in [-0.4, -0.2) is 12.5 Å². The van der Waals surface area contributed by atoms with Gasteiger partial charge in [-0.2, -0.15) is 0 Å². The predicted molar refractivity (Wildman–Crippen MR) is 32.2 cm³/mol. The van der Waals surface area contributed by atoms with E-state index >= 15 is 0 Å². The van der Waals surface area contributed by atoms with Gasteiger partial charge < -0.3 is 16.3 Å². The molecule has 0 saturated heterocycles. The van der Waals surface area contributed by atoms with Crippen molar-refractivity contribution in [2.24, 2.45) is 5.73 Å². The molecule has 0 spiro atoms. The quantitative estimate of drug-likeness (QED) is 0.684. The normalized spacial score (nSPS) is 8.11. The zero-order valence-corrected chi connectivity index (χ0v) is 8.23. The van der Waals surface area contributed by atoms with Crippen LogP contribution < -0.4 is 5.73 Å². The molecule has 0 bridgehead atoms. The molecule has 0 aromatic heterocycles. The number of carbonyl (C=O) groups is 1. The smallest absolute Gasteiger partial charge is 0.0487 e. The molecule has 3 nitrogen and oxygen atoms in total. The average Bonchev–Trinajstić information content (AvgIpc) is 1.66. The maximum Gasteiger partial charge on any atom is 0.0487 e. The monoisotopic (exact) mass is 204 g/mol. The van der Waals surface area contributed by atoms with Crippen LogP contribution >= 0.6 is 0 Å². The number of amides is 1. The number of unbranched alkanes of at least 4 members (excludes halogenated alkanes) is 1. The molecule has 0 aliphatic carbocycles. The largest absolute Gasteiger partial charge is 0.668 e. The summed E-state index contributed by atoms with van der Waals surface area (Å²) < 4.78 is 0. The van der Waals surface area contributed by atoms with Gasteiger partial charge in [-0.1, -0.05) is 0 Å². The van der Waals surface area contributed by atoms with Gasteiger partial charge >= 0.3 is 0 Å². The third kappa shape index (κ3) is 11.9. The Morgan fingerprint density at radius 1 is 1.44 bits per heavy atom. The van der Waals surface area contributed by atoms with Gasteiger partial charge in [0.25, 0.3) is 0 Å². The van der Waals surface area contributed by atoms with Crippen molar-refractivity contribution in [3.05, 3.63) is 5.73 Å². The summed E-state index contributed by atoms with van der Waals surface area (Å²) in [5.41, 5.74) is 11.6. The molecule has 0 fully saturated rings. The van der Waals surface area contributed by atoms with Gasteiger partial charge in [0.15, 0.2) is 0 Å². The number of nitrogens with one attached hydrogen (secondary N) is 1. The SMILES string of the molecule is [NH-]C(=O)CCCCN.[Y]. The van der Waals surface area contributed by atoms with Gasteiger partial charge in [-0.15, -0.1) is 0 Å². The van der Waals surface area contributed by atoms with Crippen molar-refractivity contribution in [3.63, 3.8) is 0 Å². The molecule has 0 rings (SSSR count). The van der Waals surface area contributed by atoms with Crippen molar-refractivity contribution in [1.82, 2.24) is 0 Å². The molecule has 0 atom stereocenters. The Hall–Kier alpha value is 0.534. The van der Waals surface area contributed by atoms with E-state index in [0.29, 0.717) is 13.0 Å². The van der Waals surface area contributed by atoms with E-state index < -0.39 is 5.91 Å². The summed E-state index contributed by atoms with van der Waals surface area (Å²) in [4.78, 5) is 9.94. The first kappa shape index (κ1) is 12.2. The van der Waals surface area contributed by atoms with Crippen LogP contribution in [0.3, 0.4) is 0 Å². The van der Waals surface area contributed by atoms with Crippen LogP contribution in [0.1, 0.15) is 19.3 Å². The van der Waals surface area contributed by atoms with Gasteiger partial charge in [0.05, 0.1) is 0 Å². The molecule has 3 N–H and O–H groups in total. The van der Waals surface area contributed by atoms with Crippen molar-refractivity contribution in [3.8, 4) is 0 Å². The van der Waals surface area contributed by atoms with Crippen LogP contribution in [0, 0.1) is 0 Å². The Balaban J connectivity index is 0. The van der Waals surface area contributed by atoms with Gasteiger partial charge in [-0.05, 0) is 25.8 Å². The van der Waals surface area contributed by atoms with Gasteiger partial charge in [0.1, 0.15) is 0 Å². The molecule has 51 valence electrons. The van der Waals surface area contributed by atoms with Crippen molar-refractivity contribution in [1.29, 1.82) is 0 Å². The van der Waals surface area contributed by atoms with Gasteiger partial charge in [0.2, 0.25) is 0 Å². The Morgan fingerprint density at radius 2 is 2.00 bits per heavy atom. The molecule has 0 unspecified atom stereocenters. The minimum Gasteiger partial charge on any atom is -0.668 e. The van der Waals surface area contributed by atoms with Crippen LogP contribution in [0.5, 0.6) is 0 Å². The van der Waals surface area contributed by atoms with Crippen molar-refractivity contribution < 1.29 is 37.5 Å². The maximum absolute atomic E-state index is 9.94. The van der Waals surface area contributed by atoms with Crippen molar-refractivity contribution in [2.45, 2.75) is 19.3 Å². The van der Waals surface area contributed by atoms with E-state index in [1.807, 2.05) is 0 Å². The molecule has 1 radical (unpaired) electrons. The second-order valence-corrected chi connectivity index (χ2v) is 1.67. The number of rotatable bonds is 4. The number of hydrogen-bond donors (Lipinski definition) is 1. The summed E-state index contributed by atoms with van der Waals surface area (Å²) in [5.74, 6) is -0.488. The Labute approximate surface area is 80.4 Å². The molecule has 0 aliphatic heterocycles. The molecule has 0 heterocycles. The molecule has 0 aliphatic rings. The zero-order chi connectivity index (χ0) is 6.41. The third-order valence-corrected chi connectivity index (χ3v) is 0.858. The van der Waals surface area contributed by atoms with Crippen molar-refractivity contribution >= 4 is 5.91 Å². The molecule has 1 amide bonds. The third-order valence-electron chi connectivity index (χ3n) is 0.858. The first-order valence-corrected chi connectivity index (χ1v) is 2.72. The summed E-state index contributed by atoms with van der Waals surface area (Å²) in [6.07, 6.45) is 1.97. The fraction of sp³-hybridized carbons (Fsp3) is 0.800. The maximum atomic E-state index is 9.94. The first-order valence-electron chi connectivity index (χ1n) is 2.72. The van der Waals surface area contributed by atoms with E-state index in [2.05, 4.69) is 0 Å². The van der Waals surface area contributed by atoms with E-state index in [4.69, 9.17) is 11.5 Å². The first-order chi connectivity index (χ1) is 3.77. The average molecular weight is 204 g/mol. The Kier molecular flexibility index (Phi) is 11.6.